The molecule has 1 aromatic heterocycles. The third kappa shape index (κ3) is 3.38. The van der Waals surface area contributed by atoms with Crippen LogP contribution in [0.2, 0.25) is 0 Å². The van der Waals surface area contributed by atoms with Crippen LogP contribution in [-0.4, -0.2) is 41.2 Å². The van der Waals surface area contributed by atoms with E-state index in [1.807, 2.05) is 6.07 Å². The van der Waals surface area contributed by atoms with Gasteiger partial charge in [-0.3, -0.25) is 4.90 Å². The molecular weight excluding hydrogens is 262 g/mol. The smallest absolute Gasteiger partial charge is 0.217 e. The van der Waals surface area contributed by atoms with E-state index in [2.05, 4.69) is 49.0 Å². The second-order valence-electron chi connectivity index (χ2n) is 6.68. The van der Waals surface area contributed by atoms with Gasteiger partial charge in [-0.2, -0.15) is 0 Å². The lowest BCUT2D eigenvalue weighted by Crippen LogP contribution is -2.67. The number of ether oxygens (including phenoxy) is 1. The van der Waals surface area contributed by atoms with Gasteiger partial charge in [-0.15, -0.1) is 0 Å². The Bertz CT molecular complexity index is 469. The summed E-state index contributed by atoms with van der Waals surface area (Å²) in [4.78, 5) is 6.89. The fraction of sp³-hybridized carbons (Fsp3) is 0.706. The van der Waals surface area contributed by atoms with Gasteiger partial charge in [0.15, 0.2) is 0 Å². The first-order valence-corrected chi connectivity index (χ1v) is 7.94. The number of pyridine rings is 1. The predicted molar refractivity (Wildman–Crippen MR) is 86.6 cm³/mol. The van der Waals surface area contributed by atoms with Crippen LogP contribution in [0.3, 0.4) is 0 Å². The third-order valence-corrected chi connectivity index (χ3v) is 5.00. The lowest BCUT2D eigenvalue weighted by atomic mass is 9.84. The Morgan fingerprint density at radius 2 is 2.05 bits per heavy atom. The van der Waals surface area contributed by atoms with Gasteiger partial charge in [0.2, 0.25) is 5.88 Å². The van der Waals surface area contributed by atoms with Crippen molar-refractivity contribution in [3.8, 4) is 5.88 Å². The molecule has 1 aromatic rings. The molecule has 0 atom stereocenters. The van der Waals surface area contributed by atoms with E-state index in [1.165, 1.54) is 0 Å². The standard InChI is InChI=1S/C17H29N3O/c1-6-17(7-2)13-20(16(3,4)12-19-17)11-14-9-8-10-18-15(14)21-5/h8-10,19H,6-7,11-13H2,1-5H3. The number of methoxy groups -OCH3 is 1. The van der Waals surface area contributed by atoms with Gasteiger partial charge in [-0.1, -0.05) is 19.9 Å². The molecule has 1 N–H and O–H groups in total. The van der Waals surface area contributed by atoms with E-state index in [-0.39, 0.29) is 11.1 Å². The Labute approximate surface area is 128 Å². The van der Waals surface area contributed by atoms with Gasteiger partial charge in [0, 0.05) is 42.5 Å². The van der Waals surface area contributed by atoms with E-state index in [0.29, 0.717) is 0 Å². The number of aromatic nitrogens is 1. The first-order valence-electron chi connectivity index (χ1n) is 7.94. The van der Waals surface area contributed by atoms with Crippen LogP contribution in [0.4, 0.5) is 0 Å². The van der Waals surface area contributed by atoms with Crippen molar-refractivity contribution in [3.63, 3.8) is 0 Å². The molecular formula is C17H29N3O. The van der Waals surface area contributed by atoms with Crippen molar-refractivity contribution in [2.75, 3.05) is 20.2 Å². The van der Waals surface area contributed by atoms with E-state index in [1.54, 1.807) is 13.3 Å². The van der Waals surface area contributed by atoms with Crippen molar-refractivity contribution in [2.24, 2.45) is 0 Å². The zero-order valence-corrected chi connectivity index (χ0v) is 14.1. The average molecular weight is 291 g/mol. The van der Waals surface area contributed by atoms with Crippen LogP contribution in [-0.2, 0) is 6.54 Å². The Hall–Kier alpha value is -1.13. The molecule has 1 aliphatic heterocycles. The molecule has 2 heterocycles. The van der Waals surface area contributed by atoms with Gasteiger partial charge in [0.25, 0.3) is 0 Å². The first kappa shape index (κ1) is 16.2. The zero-order valence-electron chi connectivity index (χ0n) is 14.1. The fourth-order valence-electron chi connectivity index (χ4n) is 3.08. The number of hydrogen-bond donors (Lipinski definition) is 1. The minimum Gasteiger partial charge on any atom is -0.481 e. The monoisotopic (exact) mass is 291 g/mol. The molecule has 0 unspecified atom stereocenters. The Balaban J connectivity index is 2.22. The number of hydrogen-bond acceptors (Lipinski definition) is 4. The summed E-state index contributed by atoms with van der Waals surface area (Å²) < 4.78 is 5.41. The van der Waals surface area contributed by atoms with Crippen molar-refractivity contribution in [1.29, 1.82) is 0 Å². The molecule has 0 bridgehead atoms. The van der Waals surface area contributed by atoms with E-state index >= 15 is 0 Å². The Kier molecular flexibility index (Phi) is 4.89. The van der Waals surface area contributed by atoms with Crippen molar-refractivity contribution in [2.45, 2.75) is 58.2 Å². The highest BCUT2D eigenvalue weighted by atomic mass is 16.5. The lowest BCUT2D eigenvalue weighted by Gasteiger charge is -2.52. The van der Waals surface area contributed by atoms with Crippen molar-refractivity contribution in [3.05, 3.63) is 23.9 Å². The average Bonchev–Trinajstić information content (AvgIpc) is 2.50. The molecule has 0 aromatic carbocycles. The molecule has 0 spiro atoms. The van der Waals surface area contributed by atoms with Crippen molar-refractivity contribution < 1.29 is 4.74 Å². The van der Waals surface area contributed by atoms with Crippen LogP contribution >= 0.6 is 0 Å². The molecule has 0 saturated carbocycles. The van der Waals surface area contributed by atoms with E-state index in [9.17, 15) is 0 Å². The summed E-state index contributed by atoms with van der Waals surface area (Å²) in [6.45, 7) is 12.1. The second kappa shape index (κ2) is 6.32. The molecule has 1 fully saturated rings. The van der Waals surface area contributed by atoms with Gasteiger partial charge >= 0.3 is 0 Å². The van der Waals surface area contributed by atoms with Crippen LogP contribution in [0.1, 0.15) is 46.1 Å². The molecule has 2 rings (SSSR count). The quantitative estimate of drug-likeness (QED) is 0.905. The molecule has 1 saturated heterocycles. The Morgan fingerprint density at radius 1 is 1.33 bits per heavy atom. The maximum absolute atomic E-state index is 5.41. The van der Waals surface area contributed by atoms with Gasteiger partial charge < -0.3 is 10.1 Å². The summed E-state index contributed by atoms with van der Waals surface area (Å²) in [5.74, 6) is 0.741. The van der Waals surface area contributed by atoms with E-state index < -0.39 is 0 Å². The summed E-state index contributed by atoms with van der Waals surface area (Å²) in [7, 11) is 1.69. The normalized spacial score (nSPS) is 21.2. The summed E-state index contributed by atoms with van der Waals surface area (Å²) in [5.41, 5.74) is 1.52. The highest BCUT2D eigenvalue weighted by Crippen LogP contribution is 2.30. The minimum absolute atomic E-state index is 0.134. The number of piperazine rings is 1. The maximum atomic E-state index is 5.41. The Morgan fingerprint density at radius 3 is 2.67 bits per heavy atom. The molecule has 1 aliphatic rings. The summed E-state index contributed by atoms with van der Waals surface area (Å²) >= 11 is 0. The molecule has 21 heavy (non-hydrogen) atoms. The highest BCUT2D eigenvalue weighted by molar-refractivity contribution is 5.25. The second-order valence-corrected chi connectivity index (χ2v) is 6.68. The first-order chi connectivity index (χ1) is 9.96. The van der Waals surface area contributed by atoms with Crippen LogP contribution in [0.25, 0.3) is 0 Å². The number of nitrogens with zero attached hydrogens (tertiary/aromatic N) is 2. The molecule has 0 aliphatic carbocycles. The minimum atomic E-state index is 0.134. The molecule has 4 heteroatoms. The summed E-state index contributed by atoms with van der Waals surface area (Å²) in [6, 6.07) is 4.10. The third-order valence-electron chi connectivity index (χ3n) is 5.00. The highest BCUT2D eigenvalue weighted by Gasteiger charge is 2.40. The molecule has 0 radical (unpaired) electrons. The van der Waals surface area contributed by atoms with Crippen LogP contribution in [0.5, 0.6) is 5.88 Å². The van der Waals surface area contributed by atoms with Gasteiger partial charge in [0.1, 0.15) is 0 Å². The largest absolute Gasteiger partial charge is 0.481 e. The van der Waals surface area contributed by atoms with Gasteiger partial charge in [-0.05, 0) is 32.8 Å². The maximum Gasteiger partial charge on any atom is 0.217 e. The van der Waals surface area contributed by atoms with Crippen LogP contribution < -0.4 is 10.1 Å². The lowest BCUT2D eigenvalue weighted by molar-refractivity contribution is 0.0156. The molecule has 4 nitrogen and oxygen atoms in total. The van der Waals surface area contributed by atoms with Crippen LogP contribution in [0, 0.1) is 0 Å². The number of nitrogens with one attached hydrogen (secondary N) is 1. The summed E-state index contributed by atoms with van der Waals surface area (Å²) in [5, 5.41) is 3.78. The SMILES string of the molecule is CCC1(CC)CN(Cc2cccnc2OC)C(C)(C)CN1. The van der Waals surface area contributed by atoms with Crippen LogP contribution in [0.15, 0.2) is 18.3 Å². The molecule has 0 amide bonds. The number of rotatable bonds is 5. The van der Waals surface area contributed by atoms with E-state index in [0.717, 1.165) is 43.9 Å². The van der Waals surface area contributed by atoms with Gasteiger partial charge in [-0.25, -0.2) is 4.98 Å². The predicted octanol–water partition coefficient (Wildman–Crippen LogP) is 2.83. The topological polar surface area (TPSA) is 37.4 Å². The fourth-order valence-corrected chi connectivity index (χ4v) is 3.08. The molecule has 118 valence electrons. The summed E-state index contributed by atoms with van der Waals surface area (Å²) in [6.07, 6.45) is 4.09. The van der Waals surface area contributed by atoms with Gasteiger partial charge in [0.05, 0.1) is 7.11 Å². The van der Waals surface area contributed by atoms with Crippen molar-refractivity contribution >= 4 is 0 Å². The zero-order chi connectivity index (χ0) is 15.5. The van der Waals surface area contributed by atoms with Crippen molar-refractivity contribution in [1.82, 2.24) is 15.2 Å². The van der Waals surface area contributed by atoms with E-state index in [4.69, 9.17) is 4.74 Å².